The molecule has 3 nitrogen and oxygen atoms in total. The first-order chi connectivity index (χ1) is 8.88. The van der Waals surface area contributed by atoms with Crippen LogP contribution in [0.25, 0.3) is 0 Å². The molecule has 0 saturated heterocycles. The van der Waals surface area contributed by atoms with Crippen LogP contribution in [0.5, 0.6) is 0 Å². The van der Waals surface area contributed by atoms with Gasteiger partial charge in [0.15, 0.2) is 0 Å². The van der Waals surface area contributed by atoms with Crippen LogP contribution in [-0.2, 0) is 0 Å². The molecule has 2 rings (SSSR count). The van der Waals surface area contributed by atoms with E-state index in [9.17, 15) is 0 Å². The zero-order valence-corrected chi connectivity index (χ0v) is 12.7. The van der Waals surface area contributed by atoms with Crippen molar-refractivity contribution in [2.75, 3.05) is 11.9 Å². The third-order valence-electron chi connectivity index (χ3n) is 3.08. The number of hydrogen-bond acceptors (Lipinski definition) is 3. The highest BCUT2D eigenvalue weighted by atomic mass is 35.5. The van der Waals surface area contributed by atoms with Gasteiger partial charge in [-0.05, 0) is 51.0 Å². The third kappa shape index (κ3) is 2.87. The van der Waals surface area contributed by atoms with Crippen molar-refractivity contribution < 1.29 is 0 Å². The van der Waals surface area contributed by atoms with Crippen molar-refractivity contribution in [2.45, 2.75) is 27.7 Å². The number of aromatic nitrogens is 2. The highest BCUT2D eigenvalue weighted by molar-refractivity contribution is 6.30. The lowest BCUT2D eigenvalue weighted by atomic mass is 10.1. The lowest BCUT2D eigenvalue weighted by molar-refractivity contribution is 0.991. The lowest BCUT2D eigenvalue weighted by Crippen LogP contribution is -2.14. The maximum Gasteiger partial charge on any atom is 0.140 e. The summed E-state index contributed by atoms with van der Waals surface area (Å²) in [7, 11) is 2.00. The highest BCUT2D eigenvalue weighted by Gasteiger charge is 2.13. The molecular formula is C15H18ClN3. The Morgan fingerprint density at radius 1 is 0.947 bits per heavy atom. The van der Waals surface area contributed by atoms with E-state index in [0.717, 1.165) is 17.1 Å². The summed E-state index contributed by atoms with van der Waals surface area (Å²) in [5.74, 6) is 1.53. The van der Waals surface area contributed by atoms with Crippen LogP contribution in [0.1, 0.15) is 22.5 Å². The Hall–Kier alpha value is -1.61. The van der Waals surface area contributed by atoms with Crippen molar-refractivity contribution in [3.8, 4) is 0 Å². The van der Waals surface area contributed by atoms with E-state index in [1.54, 1.807) is 0 Å². The first-order valence-corrected chi connectivity index (χ1v) is 6.59. The summed E-state index contributed by atoms with van der Waals surface area (Å²) in [6.07, 6.45) is 0. The normalized spacial score (nSPS) is 10.6. The number of aryl methyl sites for hydroxylation is 3. The first-order valence-electron chi connectivity index (χ1n) is 6.21. The molecule has 19 heavy (non-hydrogen) atoms. The van der Waals surface area contributed by atoms with Gasteiger partial charge in [0.05, 0.1) is 0 Å². The fraction of sp³-hybridized carbons (Fsp3) is 0.333. The number of rotatable bonds is 2. The smallest absolute Gasteiger partial charge is 0.140 e. The predicted molar refractivity (Wildman–Crippen MR) is 80.5 cm³/mol. The van der Waals surface area contributed by atoms with E-state index in [0.29, 0.717) is 11.0 Å². The molecule has 0 aliphatic rings. The molecule has 0 radical (unpaired) electrons. The Labute approximate surface area is 119 Å². The lowest BCUT2D eigenvalue weighted by Gasteiger charge is -2.22. The minimum absolute atomic E-state index is 0.513. The van der Waals surface area contributed by atoms with Gasteiger partial charge in [0.25, 0.3) is 0 Å². The van der Waals surface area contributed by atoms with E-state index < -0.39 is 0 Å². The monoisotopic (exact) mass is 275 g/mol. The Balaban J connectivity index is 2.52. The molecule has 0 unspecified atom stereocenters. The fourth-order valence-electron chi connectivity index (χ4n) is 2.17. The Bertz CT molecular complexity index is 603. The summed E-state index contributed by atoms with van der Waals surface area (Å²) in [6.45, 7) is 7.98. The van der Waals surface area contributed by atoms with Gasteiger partial charge < -0.3 is 4.90 Å². The van der Waals surface area contributed by atoms with Gasteiger partial charge in [-0.1, -0.05) is 17.7 Å². The molecule has 100 valence electrons. The molecule has 0 aliphatic carbocycles. The Kier molecular flexibility index (Phi) is 3.76. The second kappa shape index (κ2) is 5.17. The van der Waals surface area contributed by atoms with Gasteiger partial charge in [0.1, 0.15) is 16.8 Å². The van der Waals surface area contributed by atoms with Gasteiger partial charge in [-0.15, -0.1) is 0 Å². The van der Waals surface area contributed by atoms with Crippen LogP contribution < -0.4 is 4.90 Å². The molecule has 0 atom stereocenters. The van der Waals surface area contributed by atoms with E-state index >= 15 is 0 Å². The van der Waals surface area contributed by atoms with E-state index in [-0.39, 0.29) is 0 Å². The van der Waals surface area contributed by atoms with Gasteiger partial charge >= 0.3 is 0 Å². The van der Waals surface area contributed by atoms with Crippen LogP contribution in [0.3, 0.4) is 0 Å². The van der Waals surface area contributed by atoms with E-state index in [1.807, 2.05) is 20.9 Å². The summed E-state index contributed by atoms with van der Waals surface area (Å²) < 4.78 is 0. The van der Waals surface area contributed by atoms with Crippen molar-refractivity contribution in [2.24, 2.45) is 0 Å². The molecule has 0 fully saturated rings. The van der Waals surface area contributed by atoms with Crippen molar-refractivity contribution in [1.29, 1.82) is 0 Å². The van der Waals surface area contributed by atoms with Crippen LogP contribution in [0.2, 0.25) is 5.15 Å². The van der Waals surface area contributed by atoms with Gasteiger partial charge in [-0.3, -0.25) is 0 Å². The minimum atomic E-state index is 0.513. The van der Waals surface area contributed by atoms with Crippen LogP contribution in [0, 0.1) is 27.7 Å². The molecule has 1 aromatic heterocycles. The molecule has 0 spiro atoms. The molecule has 0 aliphatic heterocycles. The maximum absolute atomic E-state index is 6.14. The van der Waals surface area contributed by atoms with E-state index in [4.69, 9.17) is 11.6 Å². The number of halogens is 1. The zero-order chi connectivity index (χ0) is 14.2. The molecule has 1 aromatic carbocycles. The molecule has 0 saturated carbocycles. The highest BCUT2D eigenvalue weighted by Crippen LogP contribution is 2.29. The van der Waals surface area contributed by atoms with Crippen LogP contribution in [0.4, 0.5) is 11.5 Å². The topological polar surface area (TPSA) is 29.0 Å². The molecule has 1 heterocycles. The fourth-order valence-corrected chi connectivity index (χ4v) is 2.38. The average molecular weight is 276 g/mol. The Morgan fingerprint density at radius 3 is 2.11 bits per heavy atom. The summed E-state index contributed by atoms with van der Waals surface area (Å²) in [6, 6.07) is 6.43. The average Bonchev–Trinajstić information content (AvgIpc) is 2.31. The summed E-state index contributed by atoms with van der Waals surface area (Å²) >= 11 is 6.14. The summed E-state index contributed by atoms with van der Waals surface area (Å²) in [5.41, 5.74) is 4.47. The second-order valence-electron chi connectivity index (χ2n) is 4.92. The quantitative estimate of drug-likeness (QED) is 0.772. The molecular weight excluding hydrogens is 258 g/mol. The van der Waals surface area contributed by atoms with Crippen LogP contribution >= 0.6 is 11.6 Å². The van der Waals surface area contributed by atoms with Crippen molar-refractivity contribution in [3.63, 3.8) is 0 Å². The van der Waals surface area contributed by atoms with Crippen LogP contribution in [0.15, 0.2) is 18.2 Å². The third-order valence-corrected chi connectivity index (χ3v) is 3.45. The molecule has 0 amide bonds. The molecule has 0 N–H and O–H groups in total. The zero-order valence-electron chi connectivity index (χ0n) is 12.0. The van der Waals surface area contributed by atoms with Crippen molar-refractivity contribution in [3.05, 3.63) is 45.9 Å². The van der Waals surface area contributed by atoms with Gasteiger partial charge in [-0.25, -0.2) is 9.97 Å². The number of nitrogens with zero attached hydrogens (tertiary/aromatic N) is 3. The SMILES string of the molecule is Cc1cc(C)cc(N(C)c2nc(C)nc(Cl)c2C)c1. The standard InChI is InChI=1S/C15H18ClN3/c1-9-6-10(2)8-13(7-9)19(5)15-11(3)14(16)17-12(4)18-15/h6-8H,1-5H3. The van der Waals surface area contributed by atoms with Gasteiger partial charge in [-0.2, -0.15) is 0 Å². The first kappa shape index (κ1) is 13.8. The second-order valence-corrected chi connectivity index (χ2v) is 5.27. The molecule has 2 aromatic rings. The number of benzene rings is 1. The maximum atomic E-state index is 6.14. The van der Waals surface area contributed by atoms with E-state index in [1.165, 1.54) is 11.1 Å². The minimum Gasteiger partial charge on any atom is -0.329 e. The molecule has 0 bridgehead atoms. The number of hydrogen-bond donors (Lipinski definition) is 0. The number of anilines is 2. The van der Waals surface area contributed by atoms with Crippen LogP contribution in [-0.4, -0.2) is 17.0 Å². The van der Waals surface area contributed by atoms with Gasteiger partial charge in [0, 0.05) is 18.3 Å². The Morgan fingerprint density at radius 2 is 1.53 bits per heavy atom. The molecule has 4 heteroatoms. The largest absolute Gasteiger partial charge is 0.329 e. The van der Waals surface area contributed by atoms with Gasteiger partial charge in [0.2, 0.25) is 0 Å². The predicted octanol–water partition coefficient (Wildman–Crippen LogP) is 4.13. The summed E-state index contributed by atoms with van der Waals surface area (Å²) in [5, 5.41) is 0.513. The summed E-state index contributed by atoms with van der Waals surface area (Å²) in [4.78, 5) is 10.7. The van der Waals surface area contributed by atoms with E-state index in [2.05, 4.69) is 46.9 Å². The van der Waals surface area contributed by atoms with Crippen molar-refractivity contribution in [1.82, 2.24) is 9.97 Å². The van der Waals surface area contributed by atoms with Crippen molar-refractivity contribution >= 4 is 23.1 Å².